The Kier molecular flexibility index (Phi) is 4.87. The molecule has 4 nitrogen and oxygen atoms in total. The van der Waals surface area contributed by atoms with Gasteiger partial charge in [-0.15, -0.1) is 0 Å². The van der Waals surface area contributed by atoms with Crippen molar-refractivity contribution in [1.82, 2.24) is 9.97 Å². The third kappa shape index (κ3) is 3.66. The summed E-state index contributed by atoms with van der Waals surface area (Å²) in [5.74, 6) is 1.65. The Labute approximate surface area is 118 Å². The first-order valence-corrected chi connectivity index (χ1v) is 6.71. The Bertz CT molecular complexity index is 575. The lowest BCUT2D eigenvalue weighted by molar-refractivity contribution is 0.325. The van der Waals surface area contributed by atoms with Gasteiger partial charge in [0.2, 0.25) is 5.88 Å². The molecule has 2 rings (SSSR count). The minimum atomic E-state index is -0.227. The van der Waals surface area contributed by atoms with Gasteiger partial charge in [-0.3, -0.25) is 0 Å². The van der Waals surface area contributed by atoms with E-state index in [9.17, 15) is 4.39 Å². The first-order valence-electron chi connectivity index (χ1n) is 6.71. The van der Waals surface area contributed by atoms with Gasteiger partial charge in [0.05, 0.1) is 6.61 Å². The summed E-state index contributed by atoms with van der Waals surface area (Å²) in [4.78, 5) is 8.62. The van der Waals surface area contributed by atoms with E-state index in [1.807, 2.05) is 19.9 Å². The molecule has 1 heterocycles. The smallest absolute Gasteiger partial charge is 0.218 e. The molecule has 0 unspecified atom stereocenters. The highest BCUT2D eigenvalue weighted by Crippen LogP contribution is 2.15. The second-order valence-corrected chi connectivity index (χ2v) is 4.24. The van der Waals surface area contributed by atoms with Crippen LogP contribution in [0.5, 0.6) is 5.88 Å². The van der Waals surface area contributed by atoms with Crippen LogP contribution in [-0.4, -0.2) is 16.6 Å². The molecule has 0 saturated heterocycles. The zero-order valence-corrected chi connectivity index (χ0v) is 11.7. The highest BCUT2D eigenvalue weighted by Gasteiger charge is 2.05. The van der Waals surface area contributed by atoms with E-state index in [2.05, 4.69) is 15.3 Å². The fourth-order valence-corrected chi connectivity index (χ4v) is 1.77. The van der Waals surface area contributed by atoms with Crippen molar-refractivity contribution in [2.45, 2.75) is 26.8 Å². The quantitative estimate of drug-likeness (QED) is 0.879. The lowest BCUT2D eigenvalue weighted by atomic mass is 10.2. The normalized spacial score (nSPS) is 10.3. The molecule has 0 saturated carbocycles. The summed E-state index contributed by atoms with van der Waals surface area (Å²) in [6.07, 6.45) is 0.718. The van der Waals surface area contributed by atoms with Crippen molar-refractivity contribution >= 4 is 5.82 Å². The van der Waals surface area contributed by atoms with Gasteiger partial charge in [0.15, 0.2) is 0 Å². The summed E-state index contributed by atoms with van der Waals surface area (Å²) in [6.45, 7) is 4.80. The van der Waals surface area contributed by atoms with Crippen LogP contribution in [0.25, 0.3) is 0 Å². The van der Waals surface area contributed by atoms with Gasteiger partial charge < -0.3 is 10.1 Å². The van der Waals surface area contributed by atoms with Gasteiger partial charge in [-0.2, -0.15) is 4.98 Å². The summed E-state index contributed by atoms with van der Waals surface area (Å²) >= 11 is 0. The minimum absolute atomic E-state index is 0.227. The number of halogens is 1. The minimum Gasteiger partial charge on any atom is -0.478 e. The van der Waals surface area contributed by atoms with Crippen molar-refractivity contribution in [3.63, 3.8) is 0 Å². The molecule has 0 fully saturated rings. The van der Waals surface area contributed by atoms with Crippen LogP contribution in [0.15, 0.2) is 30.3 Å². The van der Waals surface area contributed by atoms with E-state index in [4.69, 9.17) is 4.74 Å². The third-order valence-electron chi connectivity index (χ3n) is 2.78. The van der Waals surface area contributed by atoms with Crippen LogP contribution in [0, 0.1) is 5.82 Å². The second kappa shape index (κ2) is 6.84. The van der Waals surface area contributed by atoms with Crippen LogP contribution in [0.4, 0.5) is 10.2 Å². The number of hydrogen-bond donors (Lipinski definition) is 1. The summed E-state index contributed by atoms with van der Waals surface area (Å²) < 4.78 is 18.9. The summed E-state index contributed by atoms with van der Waals surface area (Å²) in [7, 11) is 0. The van der Waals surface area contributed by atoms with Crippen molar-refractivity contribution in [2.75, 3.05) is 11.9 Å². The molecule has 5 heteroatoms. The highest BCUT2D eigenvalue weighted by molar-refractivity contribution is 5.39. The monoisotopic (exact) mass is 275 g/mol. The largest absolute Gasteiger partial charge is 0.478 e. The first-order chi connectivity index (χ1) is 9.72. The highest BCUT2D eigenvalue weighted by atomic mass is 19.1. The van der Waals surface area contributed by atoms with E-state index in [0.717, 1.165) is 6.42 Å². The van der Waals surface area contributed by atoms with Crippen LogP contribution in [0.3, 0.4) is 0 Å². The van der Waals surface area contributed by atoms with Gasteiger partial charge in [0.1, 0.15) is 17.5 Å². The molecule has 106 valence electrons. The van der Waals surface area contributed by atoms with E-state index in [-0.39, 0.29) is 5.82 Å². The Morgan fingerprint density at radius 2 is 2.00 bits per heavy atom. The van der Waals surface area contributed by atoms with Crippen LogP contribution in [0.1, 0.15) is 25.2 Å². The standard InChI is InChI=1S/C15H18FN3O/c1-3-13-18-14(9-15(19-13)20-4-2)17-10-11-7-5-6-8-12(11)16/h5-9H,3-4,10H2,1-2H3,(H,17,18,19). The molecule has 0 aliphatic rings. The maximum atomic E-state index is 13.5. The van der Waals surface area contributed by atoms with E-state index in [1.165, 1.54) is 6.07 Å². The van der Waals surface area contributed by atoms with E-state index in [1.54, 1.807) is 18.2 Å². The van der Waals surface area contributed by atoms with Crippen molar-refractivity contribution in [2.24, 2.45) is 0 Å². The second-order valence-electron chi connectivity index (χ2n) is 4.24. The summed E-state index contributed by atoms with van der Waals surface area (Å²) in [5.41, 5.74) is 0.599. The zero-order chi connectivity index (χ0) is 14.4. The van der Waals surface area contributed by atoms with E-state index < -0.39 is 0 Å². The van der Waals surface area contributed by atoms with Crippen molar-refractivity contribution < 1.29 is 9.13 Å². The van der Waals surface area contributed by atoms with Crippen molar-refractivity contribution in [1.29, 1.82) is 0 Å². The lowest BCUT2D eigenvalue weighted by Crippen LogP contribution is -2.07. The van der Waals surface area contributed by atoms with Crippen LogP contribution < -0.4 is 10.1 Å². The molecule has 1 aromatic heterocycles. The van der Waals surface area contributed by atoms with Gasteiger partial charge in [-0.25, -0.2) is 9.37 Å². The molecule has 0 spiro atoms. The number of rotatable bonds is 6. The fourth-order valence-electron chi connectivity index (χ4n) is 1.77. The summed E-state index contributed by atoms with van der Waals surface area (Å²) in [5, 5.41) is 3.10. The van der Waals surface area contributed by atoms with Gasteiger partial charge in [-0.1, -0.05) is 25.1 Å². The van der Waals surface area contributed by atoms with Gasteiger partial charge in [-0.05, 0) is 13.0 Å². The molecule has 20 heavy (non-hydrogen) atoms. The average molecular weight is 275 g/mol. The number of aryl methyl sites for hydroxylation is 1. The Morgan fingerprint density at radius 1 is 1.20 bits per heavy atom. The van der Waals surface area contributed by atoms with Gasteiger partial charge in [0, 0.05) is 24.6 Å². The molecule has 0 atom stereocenters. The Hall–Kier alpha value is -2.17. The molecule has 0 aliphatic heterocycles. The number of nitrogens with zero attached hydrogens (tertiary/aromatic N) is 2. The zero-order valence-electron chi connectivity index (χ0n) is 11.7. The van der Waals surface area contributed by atoms with Crippen molar-refractivity contribution in [3.8, 4) is 5.88 Å². The Balaban J connectivity index is 2.12. The molecule has 0 bridgehead atoms. The lowest BCUT2D eigenvalue weighted by Gasteiger charge is -2.10. The first kappa shape index (κ1) is 14.2. The molecule has 0 amide bonds. The predicted molar refractivity (Wildman–Crippen MR) is 76.3 cm³/mol. The molecule has 1 N–H and O–H groups in total. The van der Waals surface area contributed by atoms with E-state index in [0.29, 0.717) is 36.2 Å². The molecule has 0 radical (unpaired) electrons. The van der Waals surface area contributed by atoms with E-state index >= 15 is 0 Å². The number of anilines is 1. The predicted octanol–water partition coefficient (Wildman–Crippen LogP) is 3.19. The maximum absolute atomic E-state index is 13.5. The summed E-state index contributed by atoms with van der Waals surface area (Å²) in [6, 6.07) is 8.40. The third-order valence-corrected chi connectivity index (χ3v) is 2.78. The molecular weight excluding hydrogens is 257 g/mol. The van der Waals surface area contributed by atoms with Crippen LogP contribution >= 0.6 is 0 Å². The Morgan fingerprint density at radius 3 is 2.70 bits per heavy atom. The van der Waals surface area contributed by atoms with Crippen LogP contribution in [0.2, 0.25) is 0 Å². The maximum Gasteiger partial charge on any atom is 0.218 e. The number of benzene rings is 1. The van der Waals surface area contributed by atoms with Gasteiger partial charge in [0.25, 0.3) is 0 Å². The molecule has 2 aromatic rings. The molecule has 1 aromatic carbocycles. The van der Waals surface area contributed by atoms with Crippen LogP contribution in [-0.2, 0) is 13.0 Å². The van der Waals surface area contributed by atoms with Gasteiger partial charge >= 0.3 is 0 Å². The molecule has 0 aliphatic carbocycles. The number of hydrogen-bond acceptors (Lipinski definition) is 4. The number of nitrogens with one attached hydrogen (secondary N) is 1. The van der Waals surface area contributed by atoms with Crippen molar-refractivity contribution in [3.05, 3.63) is 47.5 Å². The fraction of sp³-hybridized carbons (Fsp3) is 0.333. The average Bonchev–Trinajstić information content (AvgIpc) is 2.46. The SMILES string of the molecule is CCOc1cc(NCc2ccccc2F)nc(CC)n1. The number of ether oxygens (including phenoxy) is 1. The topological polar surface area (TPSA) is 47.0 Å². The molecular formula is C15H18FN3O. The number of aromatic nitrogens is 2.